The molecule has 0 saturated carbocycles. The van der Waals surface area contributed by atoms with Crippen molar-refractivity contribution in [3.8, 4) is 0 Å². The van der Waals surface area contributed by atoms with Gasteiger partial charge in [-0.25, -0.2) is 4.98 Å². The Hall–Kier alpha value is -1.98. The van der Waals surface area contributed by atoms with Crippen molar-refractivity contribution in [2.24, 2.45) is 7.05 Å². The molecule has 14 heavy (non-hydrogen) atoms. The summed E-state index contributed by atoms with van der Waals surface area (Å²) in [5.74, 6) is 0.425. The zero-order chi connectivity index (χ0) is 10.1. The number of aryl methyl sites for hydroxylation is 2. The van der Waals surface area contributed by atoms with Gasteiger partial charge in [-0.3, -0.25) is 14.0 Å². The molecule has 6 nitrogen and oxygen atoms in total. The van der Waals surface area contributed by atoms with E-state index in [9.17, 15) is 4.79 Å². The molecule has 0 fully saturated rings. The molecule has 2 rings (SSSR count). The molecular formula is C8H9N5O. The van der Waals surface area contributed by atoms with Crippen LogP contribution in [0.4, 0.5) is 0 Å². The van der Waals surface area contributed by atoms with Crippen molar-refractivity contribution in [1.29, 1.82) is 0 Å². The van der Waals surface area contributed by atoms with E-state index in [0.29, 0.717) is 11.5 Å². The van der Waals surface area contributed by atoms with Crippen molar-refractivity contribution in [1.82, 2.24) is 24.5 Å². The van der Waals surface area contributed by atoms with Gasteiger partial charge in [-0.15, -0.1) is 5.10 Å². The van der Waals surface area contributed by atoms with Crippen LogP contribution < -0.4 is 0 Å². The number of aromatic nitrogens is 5. The molecule has 2 aromatic heterocycles. The average Bonchev–Trinajstić information content (AvgIpc) is 2.73. The van der Waals surface area contributed by atoms with Crippen LogP contribution in [0.2, 0.25) is 0 Å². The van der Waals surface area contributed by atoms with Crippen molar-refractivity contribution in [3.05, 3.63) is 30.1 Å². The molecule has 0 radical (unpaired) electrons. The smallest absolute Gasteiger partial charge is 0.268 e. The maximum atomic E-state index is 11.7. The summed E-state index contributed by atoms with van der Waals surface area (Å²) in [6.07, 6.45) is 4.75. The lowest BCUT2D eigenvalue weighted by Gasteiger charge is -1.98. The van der Waals surface area contributed by atoms with Gasteiger partial charge in [0.15, 0.2) is 5.69 Å². The first-order valence-electron chi connectivity index (χ1n) is 4.09. The number of rotatable bonds is 1. The van der Waals surface area contributed by atoms with Gasteiger partial charge in [0.05, 0.1) is 6.20 Å². The molecule has 0 aliphatic heterocycles. The third-order valence-corrected chi connectivity index (χ3v) is 1.87. The number of nitrogens with zero attached hydrogens (tertiary/aromatic N) is 5. The maximum absolute atomic E-state index is 11.7. The van der Waals surface area contributed by atoms with Gasteiger partial charge in [0.2, 0.25) is 0 Å². The van der Waals surface area contributed by atoms with Crippen LogP contribution in [-0.2, 0) is 7.05 Å². The number of hydrogen-bond donors (Lipinski definition) is 0. The Morgan fingerprint density at radius 2 is 2.29 bits per heavy atom. The molecule has 0 saturated heterocycles. The van der Waals surface area contributed by atoms with E-state index in [2.05, 4.69) is 15.3 Å². The van der Waals surface area contributed by atoms with Gasteiger partial charge in [-0.1, -0.05) is 5.21 Å². The predicted molar refractivity (Wildman–Crippen MR) is 47.7 cm³/mol. The van der Waals surface area contributed by atoms with Gasteiger partial charge >= 0.3 is 0 Å². The predicted octanol–water partition coefficient (Wildman–Crippen LogP) is 0.00852. The van der Waals surface area contributed by atoms with Gasteiger partial charge in [0.25, 0.3) is 5.91 Å². The largest absolute Gasteiger partial charge is 0.285 e. The highest BCUT2D eigenvalue weighted by molar-refractivity contribution is 5.94. The third kappa shape index (κ3) is 1.30. The van der Waals surface area contributed by atoms with E-state index in [1.165, 1.54) is 9.25 Å². The highest BCUT2D eigenvalue weighted by Gasteiger charge is 2.13. The molecule has 0 spiro atoms. The Balaban J connectivity index is 2.38. The molecule has 0 unspecified atom stereocenters. The third-order valence-electron chi connectivity index (χ3n) is 1.87. The summed E-state index contributed by atoms with van der Waals surface area (Å²) >= 11 is 0. The highest BCUT2D eigenvalue weighted by Crippen LogP contribution is 2.01. The topological polar surface area (TPSA) is 65.6 Å². The number of carbonyl (C=O) groups is 1. The van der Waals surface area contributed by atoms with Crippen LogP contribution >= 0.6 is 0 Å². The van der Waals surface area contributed by atoms with Crippen LogP contribution in [-0.4, -0.2) is 30.5 Å². The molecule has 2 aromatic rings. The average molecular weight is 191 g/mol. The molecule has 0 amide bonds. The Kier molecular flexibility index (Phi) is 1.88. The number of hydrogen-bond acceptors (Lipinski definition) is 4. The van der Waals surface area contributed by atoms with Crippen LogP contribution in [0.15, 0.2) is 18.6 Å². The molecule has 0 bridgehead atoms. The molecule has 0 aromatic carbocycles. The Morgan fingerprint density at radius 3 is 2.79 bits per heavy atom. The summed E-state index contributed by atoms with van der Waals surface area (Å²) in [5.41, 5.74) is 0.314. The quantitative estimate of drug-likeness (QED) is 0.636. The molecule has 0 atom stereocenters. The molecule has 0 aliphatic rings. The standard InChI is InChI=1S/C8H9N5O/c1-6-9-3-4-13(6)8(14)7-5-12(2)11-10-7/h3-5H,1-2H3. The van der Waals surface area contributed by atoms with Crippen molar-refractivity contribution >= 4 is 5.91 Å². The van der Waals surface area contributed by atoms with Gasteiger partial charge in [-0.2, -0.15) is 0 Å². The zero-order valence-corrected chi connectivity index (χ0v) is 7.88. The molecular weight excluding hydrogens is 182 g/mol. The van der Waals surface area contributed by atoms with Gasteiger partial charge < -0.3 is 0 Å². The summed E-state index contributed by atoms with van der Waals surface area (Å²) in [6, 6.07) is 0. The lowest BCUT2D eigenvalue weighted by Crippen LogP contribution is -2.13. The second kappa shape index (κ2) is 3.06. The number of imidazole rings is 1. The van der Waals surface area contributed by atoms with Crippen molar-refractivity contribution in [2.75, 3.05) is 0 Å². The van der Waals surface area contributed by atoms with Crippen LogP contribution in [0, 0.1) is 6.92 Å². The first kappa shape index (κ1) is 8.61. The summed E-state index contributed by atoms with van der Waals surface area (Å²) in [7, 11) is 1.71. The van der Waals surface area contributed by atoms with Gasteiger partial charge in [0, 0.05) is 19.4 Å². The fourth-order valence-electron chi connectivity index (χ4n) is 1.16. The van der Waals surface area contributed by atoms with E-state index in [1.54, 1.807) is 32.6 Å². The molecule has 0 N–H and O–H groups in total. The summed E-state index contributed by atoms with van der Waals surface area (Å²) < 4.78 is 2.92. The van der Waals surface area contributed by atoms with E-state index in [-0.39, 0.29) is 5.91 Å². The minimum atomic E-state index is -0.215. The normalized spacial score (nSPS) is 10.4. The zero-order valence-electron chi connectivity index (χ0n) is 7.88. The van der Waals surface area contributed by atoms with E-state index in [0.717, 1.165) is 0 Å². The van der Waals surface area contributed by atoms with Crippen LogP contribution in [0.3, 0.4) is 0 Å². The monoisotopic (exact) mass is 191 g/mol. The van der Waals surface area contributed by atoms with Crippen molar-refractivity contribution in [3.63, 3.8) is 0 Å². The maximum Gasteiger partial charge on any atom is 0.285 e. The summed E-state index contributed by atoms with van der Waals surface area (Å²) in [6.45, 7) is 1.76. The van der Waals surface area contributed by atoms with E-state index >= 15 is 0 Å². The fraction of sp³-hybridized carbons (Fsp3) is 0.250. The lowest BCUT2D eigenvalue weighted by molar-refractivity contribution is 0.0952. The van der Waals surface area contributed by atoms with Crippen LogP contribution in [0.5, 0.6) is 0 Å². The second-order valence-electron chi connectivity index (χ2n) is 2.93. The SMILES string of the molecule is Cc1nccn1C(=O)c1cn(C)nn1. The first-order valence-corrected chi connectivity index (χ1v) is 4.09. The minimum Gasteiger partial charge on any atom is -0.268 e. The summed E-state index contributed by atoms with van der Waals surface area (Å²) in [4.78, 5) is 15.7. The second-order valence-corrected chi connectivity index (χ2v) is 2.93. The lowest BCUT2D eigenvalue weighted by atomic mass is 10.4. The van der Waals surface area contributed by atoms with E-state index in [4.69, 9.17) is 0 Å². The van der Waals surface area contributed by atoms with Crippen molar-refractivity contribution < 1.29 is 4.79 Å². The van der Waals surface area contributed by atoms with Crippen LogP contribution in [0.25, 0.3) is 0 Å². The minimum absolute atomic E-state index is 0.215. The van der Waals surface area contributed by atoms with Gasteiger partial charge in [-0.05, 0) is 6.92 Å². The Labute approximate surface area is 80.2 Å². The summed E-state index contributed by atoms with van der Waals surface area (Å²) in [5, 5.41) is 7.42. The van der Waals surface area contributed by atoms with E-state index in [1.807, 2.05) is 0 Å². The Morgan fingerprint density at radius 1 is 1.50 bits per heavy atom. The molecule has 72 valence electrons. The molecule has 2 heterocycles. The fourth-order valence-corrected chi connectivity index (χ4v) is 1.16. The highest BCUT2D eigenvalue weighted by atomic mass is 16.2. The molecule has 6 heteroatoms. The Bertz CT molecular complexity index is 470. The van der Waals surface area contributed by atoms with E-state index < -0.39 is 0 Å². The number of carbonyl (C=O) groups excluding carboxylic acids is 1. The van der Waals surface area contributed by atoms with Gasteiger partial charge in [0.1, 0.15) is 5.82 Å². The first-order chi connectivity index (χ1) is 6.68. The van der Waals surface area contributed by atoms with Crippen molar-refractivity contribution in [2.45, 2.75) is 6.92 Å². The van der Waals surface area contributed by atoms with Crippen LogP contribution in [0.1, 0.15) is 16.3 Å². The molecule has 0 aliphatic carbocycles.